The van der Waals surface area contributed by atoms with Crippen LogP contribution in [0.4, 0.5) is 13.2 Å². The first-order valence-corrected chi connectivity index (χ1v) is 13.8. The van der Waals surface area contributed by atoms with Crippen LogP contribution in [-0.2, 0) is 19.3 Å². The molecule has 0 saturated carbocycles. The van der Waals surface area contributed by atoms with Crippen LogP contribution in [0.25, 0.3) is 0 Å². The Morgan fingerprint density at radius 1 is 1.08 bits per heavy atom. The lowest BCUT2D eigenvalue weighted by atomic mass is 9.71. The van der Waals surface area contributed by atoms with E-state index in [0.29, 0.717) is 35.7 Å². The van der Waals surface area contributed by atoms with Gasteiger partial charge in [-0.15, -0.1) is 11.3 Å². The van der Waals surface area contributed by atoms with E-state index in [1.54, 1.807) is 12.4 Å². The standard InChI is InChI=1S/C25H34F3N7S/c1-17(2)33-12-20-9-24(16-33,35(20)14-23-31-21(15-36-23)25(26,27)28)4-7-32-10-18-8-19(11-32)34(18)13-22-29-5-3-6-30-22/h3,5-6,15,17-20H,4,7-14,16H2,1-2H3. The Morgan fingerprint density at radius 3 is 2.50 bits per heavy atom. The van der Waals surface area contributed by atoms with Crippen molar-refractivity contribution in [2.75, 3.05) is 32.7 Å². The Labute approximate surface area is 214 Å². The molecule has 2 aromatic rings. The zero-order chi connectivity index (χ0) is 25.1. The highest BCUT2D eigenvalue weighted by atomic mass is 32.1. The number of fused-ring (bicyclic) bond motifs is 4. The quantitative estimate of drug-likeness (QED) is 0.528. The Bertz CT molecular complexity index is 1050. The molecule has 0 N–H and O–H groups in total. The second-order valence-electron chi connectivity index (χ2n) is 11.2. The normalized spacial score (nSPS) is 31.4. The molecule has 8 heterocycles. The van der Waals surface area contributed by atoms with E-state index in [4.69, 9.17) is 0 Å². The predicted molar refractivity (Wildman–Crippen MR) is 131 cm³/mol. The number of piperidine rings is 2. The van der Waals surface area contributed by atoms with E-state index in [0.717, 1.165) is 74.7 Å². The lowest BCUT2D eigenvalue weighted by Gasteiger charge is -2.66. The molecule has 8 rings (SSSR count). The molecule has 0 aliphatic carbocycles. The van der Waals surface area contributed by atoms with Crippen LogP contribution >= 0.6 is 11.3 Å². The van der Waals surface area contributed by atoms with Gasteiger partial charge < -0.3 is 4.90 Å². The van der Waals surface area contributed by atoms with Crippen molar-refractivity contribution in [1.82, 2.24) is 34.6 Å². The molecule has 4 bridgehead atoms. The van der Waals surface area contributed by atoms with Crippen molar-refractivity contribution in [3.05, 3.63) is 40.4 Å². The topological polar surface area (TPSA) is 51.6 Å². The minimum absolute atomic E-state index is 0.0243. The molecule has 36 heavy (non-hydrogen) atoms. The number of piperazine rings is 2. The number of aromatic nitrogens is 3. The van der Waals surface area contributed by atoms with Crippen LogP contribution < -0.4 is 0 Å². The van der Waals surface area contributed by atoms with E-state index in [9.17, 15) is 13.2 Å². The maximum absolute atomic E-state index is 13.1. The fourth-order valence-corrected chi connectivity index (χ4v) is 7.60. The van der Waals surface area contributed by atoms with Crippen molar-refractivity contribution >= 4 is 11.3 Å². The fourth-order valence-electron chi connectivity index (χ4n) is 6.80. The Balaban J connectivity index is 1.09. The highest BCUT2D eigenvalue weighted by molar-refractivity contribution is 7.09. The van der Waals surface area contributed by atoms with Crippen LogP contribution in [0.1, 0.15) is 49.6 Å². The third-order valence-corrected chi connectivity index (χ3v) is 9.58. The largest absolute Gasteiger partial charge is 0.434 e. The van der Waals surface area contributed by atoms with E-state index >= 15 is 0 Å². The van der Waals surface area contributed by atoms with Gasteiger partial charge in [-0.3, -0.25) is 14.7 Å². The van der Waals surface area contributed by atoms with Crippen LogP contribution in [-0.4, -0.2) is 97.0 Å². The van der Waals surface area contributed by atoms with Gasteiger partial charge in [0.2, 0.25) is 0 Å². The average molecular weight is 522 g/mol. The number of rotatable bonds is 8. The molecule has 2 aromatic heterocycles. The average Bonchev–Trinajstić information content (AvgIpc) is 3.35. The van der Waals surface area contributed by atoms with Crippen molar-refractivity contribution in [1.29, 1.82) is 0 Å². The molecule has 0 radical (unpaired) electrons. The minimum atomic E-state index is -4.37. The van der Waals surface area contributed by atoms with Crippen LogP contribution in [0.3, 0.4) is 0 Å². The van der Waals surface area contributed by atoms with Crippen LogP contribution in [0.15, 0.2) is 23.8 Å². The summed E-state index contributed by atoms with van der Waals surface area (Å²) in [6.45, 7) is 11.0. The molecule has 4 unspecified atom stereocenters. The summed E-state index contributed by atoms with van der Waals surface area (Å²) in [5.74, 6) is 0.891. The zero-order valence-electron chi connectivity index (χ0n) is 20.9. The smallest absolute Gasteiger partial charge is 0.300 e. The molecule has 0 spiro atoms. The van der Waals surface area contributed by atoms with Crippen molar-refractivity contribution in [3.8, 4) is 0 Å². The Hall–Kier alpha value is -1.66. The first-order chi connectivity index (χ1) is 17.2. The summed E-state index contributed by atoms with van der Waals surface area (Å²) < 4.78 is 39.3. The summed E-state index contributed by atoms with van der Waals surface area (Å²) in [4.78, 5) is 22.9. The molecular weight excluding hydrogens is 487 g/mol. The molecule has 6 aliphatic heterocycles. The summed E-state index contributed by atoms with van der Waals surface area (Å²) in [7, 11) is 0. The van der Waals surface area contributed by atoms with E-state index in [-0.39, 0.29) is 5.54 Å². The number of halogens is 3. The second-order valence-corrected chi connectivity index (χ2v) is 12.2. The fraction of sp³-hybridized carbons (Fsp3) is 0.720. The molecule has 6 saturated heterocycles. The van der Waals surface area contributed by atoms with Crippen LogP contribution in [0.2, 0.25) is 0 Å². The van der Waals surface area contributed by atoms with Gasteiger partial charge >= 0.3 is 6.18 Å². The highest BCUT2D eigenvalue weighted by Gasteiger charge is 2.57. The van der Waals surface area contributed by atoms with E-state index in [2.05, 4.69) is 48.4 Å². The van der Waals surface area contributed by atoms with Crippen LogP contribution in [0.5, 0.6) is 0 Å². The van der Waals surface area contributed by atoms with Gasteiger partial charge in [-0.1, -0.05) is 0 Å². The molecule has 6 aliphatic rings. The molecular formula is C25H34F3N7S. The lowest BCUT2D eigenvalue weighted by Crippen LogP contribution is -2.77. The Morgan fingerprint density at radius 2 is 1.83 bits per heavy atom. The Kier molecular flexibility index (Phi) is 6.35. The lowest BCUT2D eigenvalue weighted by molar-refractivity contribution is -0.164. The molecule has 7 nitrogen and oxygen atoms in total. The van der Waals surface area contributed by atoms with Crippen molar-refractivity contribution < 1.29 is 13.2 Å². The summed E-state index contributed by atoms with van der Waals surface area (Å²) in [5, 5.41) is 1.73. The maximum Gasteiger partial charge on any atom is 0.434 e. The second kappa shape index (κ2) is 9.27. The zero-order valence-corrected chi connectivity index (χ0v) is 21.7. The molecule has 6 fully saturated rings. The van der Waals surface area contributed by atoms with Gasteiger partial charge in [-0.2, -0.15) is 13.2 Å². The summed E-state index contributed by atoms with van der Waals surface area (Å²) in [6.07, 6.45) is 2.66. The van der Waals surface area contributed by atoms with Crippen molar-refractivity contribution in [2.24, 2.45) is 0 Å². The number of alkyl halides is 3. The third kappa shape index (κ3) is 4.57. The molecule has 0 aromatic carbocycles. The van der Waals surface area contributed by atoms with Crippen molar-refractivity contribution in [2.45, 2.75) is 82.1 Å². The van der Waals surface area contributed by atoms with Gasteiger partial charge in [0, 0.05) is 80.2 Å². The van der Waals surface area contributed by atoms with Gasteiger partial charge in [0.1, 0.15) is 10.8 Å². The highest BCUT2D eigenvalue weighted by Crippen LogP contribution is 2.47. The summed E-state index contributed by atoms with van der Waals surface area (Å²) in [6, 6.07) is 3.85. The van der Waals surface area contributed by atoms with E-state index < -0.39 is 11.9 Å². The van der Waals surface area contributed by atoms with Crippen LogP contribution in [0, 0.1) is 0 Å². The molecule has 196 valence electrons. The first kappa shape index (κ1) is 24.7. The SMILES string of the molecule is CC(C)N1CC2CC(CCN3CC4CC(C3)N4Cc3ncccn3)(C1)N2Cc1nc(C(F)(F)F)cs1. The number of thiazole rings is 1. The predicted octanol–water partition coefficient (Wildman–Crippen LogP) is 3.34. The molecule has 11 heteroatoms. The van der Waals surface area contributed by atoms with Gasteiger partial charge in [0.25, 0.3) is 0 Å². The minimum Gasteiger partial charge on any atom is -0.300 e. The van der Waals surface area contributed by atoms with E-state index in [1.807, 2.05) is 6.07 Å². The monoisotopic (exact) mass is 521 g/mol. The first-order valence-electron chi connectivity index (χ1n) is 13.0. The third-order valence-electron chi connectivity index (χ3n) is 8.74. The van der Waals surface area contributed by atoms with E-state index in [1.165, 1.54) is 6.42 Å². The molecule has 4 atom stereocenters. The molecule has 0 amide bonds. The van der Waals surface area contributed by atoms with Gasteiger partial charge in [-0.05, 0) is 39.2 Å². The summed E-state index contributed by atoms with van der Waals surface area (Å²) in [5.41, 5.74) is -0.736. The van der Waals surface area contributed by atoms with Crippen molar-refractivity contribution in [3.63, 3.8) is 0 Å². The summed E-state index contributed by atoms with van der Waals surface area (Å²) >= 11 is 1.14. The number of hydrogen-bond donors (Lipinski definition) is 0. The van der Waals surface area contributed by atoms with Gasteiger partial charge in [-0.25, -0.2) is 15.0 Å². The van der Waals surface area contributed by atoms with Gasteiger partial charge in [0.05, 0.1) is 13.1 Å². The number of nitrogens with zero attached hydrogens (tertiary/aromatic N) is 7. The maximum atomic E-state index is 13.1. The van der Waals surface area contributed by atoms with Gasteiger partial charge in [0.15, 0.2) is 5.69 Å². The number of hydrogen-bond acceptors (Lipinski definition) is 8.